The van der Waals surface area contributed by atoms with Gasteiger partial charge in [0.25, 0.3) is 10.2 Å². The molecule has 0 aromatic carbocycles. The predicted molar refractivity (Wildman–Crippen MR) is 72.3 cm³/mol. The molecule has 106 valence electrons. The average molecular weight is 275 g/mol. The normalized spacial score (nSPS) is 35.6. The van der Waals surface area contributed by atoms with Crippen LogP contribution >= 0.6 is 0 Å². The lowest BCUT2D eigenvalue weighted by molar-refractivity contribution is 0.258. The van der Waals surface area contributed by atoms with Crippen molar-refractivity contribution in [1.29, 1.82) is 0 Å². The zero-order chi connectivity index (χ0) is 13.2. The summed E-state index contributed by atoms with van der Waals surface area (Å²) in [7, 11) is -3.36. The molecule has 0 amide bonds. The molecule has 1 heterocycles. The SMILES string of the molecule is CC1CCCCN1S(=O)(=O)N[C@@H]1CCCC[C@H]1N. The molecule has 5 nitrogen and oxygen atoms in total. The van der Waals surface area contributed by atoms with Gasteiger partial charge in [-0.25, -0.2) is 0 Å². The number of piperidine rings is 1. The Balaban J connectivity index is 2.01. The Bertz CT molecular complexity index is 372. The second-order valence-corrected chi connectivity index (χ2v) is 7.29. The summed E-state index contributed by atoms with van der Waals surface area (Å²) in [6.45, 7) is 2.62. The minimum absolute atomic E-state index is 0.0337. The molecule has 1 unspecified atom stereocenters. The van der Waals surface area contributed by atoms with Crippen molar-refractivity contribution in [2.45, 2.75) is 70.0 Å². The lowest BCUT2D eigenvalue weighted by Crippen LogP contribution is -2.55. The van der Waals surface area contributed by atoms with Crippen LogP contribution in [0.2, 0.25) is 0 Å². The smallest absolute Gasteiger partial charge is 0.279 e. The van der Waals surface area contributed by atoms with Crippen LogP contribution < -0.4 is 10.5 Å². The van der Waals surface area contributed by atoms with Crippen molar-refractivity contribution in [2.75, 3.05) is 6.54 Å². The summed E-state index contributed by atoms with van der Waals surface area (Å²) in [6.07, 6.45) is 7.00. The highest BCUT2D eigenvalue weighted by Gasteiger charge is 2.33. The van der Waals surface area contributed by atoms with Crippen LogP contribution in [0.25, 0.3) is 0 Å². The third-order valence-electron chi connectivity index (χ3n) is 4.17. The maximum atomic E-state index is 12.4. The Morgan fingerprint density at radius 1 is 1.11 bits per heavy atom. The fourth-order valence-corrected chi connectivity index (χ4v) is 4.75. The summed E-state index contributed by atoms with van der Waals surface area (Å²) in [4.78, 5) is 0. The second kappa shape index (κ2) is 5.86. The standard InChI is InChI=1S/C12H25N3O2S/c1-10-6-4-5-9-15(10)18(16,17)14-12-8-3-2-7-11(12)13/h10-12,14H,2-9,13H2,1H3/t10?,11-,12-/m1/s1. The molecule has 2 rings (SSSR count). The van der Waals surface area contributed by atoms with Gasteiger partial charge in [-0.05, 0) is 32.6 Å². The minimum atomic E-state index is -3.36. The van der Waals surface area contributed by atoms with Crippen molar-refractivity contribution in [3.05, 3.63) is 0 Å². The molecule has 3 atom stereocenters. The van der Waals surface area contributed by atoms with E-state index in [1.54, 1.807) is 4.31 Å². The first-order valence-electron chi connectivity index (χ1n) is 7.05. The third-order valence-corrected chi connectivity index (χ3v) is 5.93. The molecular weight excluding hydrogens is 250 g/mol. The summed E-state index contributed by atoms with van der Waals surface area (Å²) in [5.74, 6) is 0. The van der Waals surface area contributed by atoms with Gasteiger partial charge < -0.3 is 5.73 Å². The van der Waals surface area contributed by atoms with Gasteiger partial charge in [0.15, 0.2) is 0 Å². The number of nitrogens with one attached hydrogen (secondary N) is 1. The van der Waals surface area contributed by atoms with Gasteiger partial charge in [0, 0.05) is 24.7 Å². The largest absolute Gasteiger partial charge is 0.326 e. The van der Waals surface area contributed by atoms with E-state index in [0.717, 1.165) is 44.9 Å². The van der Waals surface area contributed by atoms with Crippen molar-refractivity contribution in [2.24, 2.45) is 5.73 Å². The quantitative estimate of drug-likeness (QED) is 0.805. The van der Waals surface area contributed by atoms with Gasteiger partial charge in [0.05, 0.1) is 0 Å². The van der Waals surface area contributed by atoms with Crippen molar-refractivity contribution in [3.63, 3.8) is 0 Å². The van der Waals surface area contributed by atoms with E-state index in [4.69, 9.17) is 5.73 Å². The van der Waals surface area contributed by atoms with E-state index in [1.165, 1.54) is 0 Å². The van der Waals surface area contributed by atoms with Gasteiger partial charge in [-0.15, -0.1) is 0 Å². The highest BCUT2D eigenvalue weighted by atomic mass is 32.2. The highest BCUT2D eigenvalue weighted by molar-refractivity contribution is 7.87. The first-order valence-corrected chi connectivity index (χ1v) is 8.49. The summed E-state index contributed by atoms with van der Waals surface area (Å²) in [5.41, 5.74) is 6.00. The molecule has 0 aromatic heterocycles. The van der Waals surface area contributed by atoms with Gasteiger partial charge in [-0.3, -0.25) is 0 Å². The maximum absolute atomic E-state index is 12.4. The van der Waals surface area contributed by atoms with E-state index in [2.05, 4.69) is 4.72 Å². The van der Waals surface area contributed by atoms with Gasteiger partial charge >= 0.3 is 0 Å². The first kappa shape index (κ1) is 14.2. The molecule has 1 aliphatic heterocycles. The van der Waals surface area contributed by atoms with Crippen LogP contribution in [0.15, 0.2) is 0 Å². The van der Waals surface area contributed by atoms with Crippen LogP contribution in [-0.4, -0.2) is 37.4 Å². The topological polar surface area (TPSA) is 75.4 Å². The summed E-state index contributed by atoms with van der Waals surface area (Å²) >= 11 is 0. The zero-order valence-electron chi connectivity index (χ0n) is 11.1. The number of hydrogen-bond donors (Lipinski definition) is 2. The van der Waals surface area contributed by atoms with Gasteiger partial charge in [-0.2, -0.15) is 17.4 Å². The van der Waals surface area contributed by atoms with E-state index >= 15 is 0 Å². The van der Waals surface area contributed by atoms with Gasteiger partial charge in [0.1, 0.15) is 0 Å². The molecule has 0 spiro atoms. The average Bonchev–Trinajstić information content (AvgIpc) is 2.32. The molecule has 6 heteroatoms. The molecule has 0 bridgehead atoms. The highest BCUT2D eigenvalue weighted by Crippen LogP contribution is 2.22. The third kappa shape index (κ3) is 3.23. The number of rotatable bonds is 3. The van der Waals surface area contributed by atoms with Crippen molar-refractivity contribution in [1.82, 2.24) is 9.03 Å². The van der Waals surface area contributed by atoms with E-state index in [1.807, 2.05) is 6.92 Å². The lowest BCUT2D eigenvalue weighted by Gasteiger charge is -2.36. The van der Waals surface area contributed by atoms with E-state index in [-0.39, 0.29) is 18.1 Å². The zero-order valence-corrected chi connectivity index (χ0v) is 12.0. The van der Waals surface area contributed by atoms with Crippen LogP contribution in [-0.2, 0) is 10.2 Å². The Kier molecular flexibility index (Phi) is 4.64. The fourth-order valence-electron chi connectivity index (χ4n) is 2.99. The molecule has 1 saturated heterocycles. The Morgan fingerprint density at radius 2 is 1.78 bits per heavy atom. The Morgan fingerprint density at radius 3 is 2.44 bits per heavy atom. The first-order chi connectivity index (χ1) is 8.50. The Hall–Kier alpha value is -0.170. The molecular formula is C12H25N3O2S. The van der Waals surface area contributed by atoms with Crippen LogP contribution in [0.4, 0.5) is 0 Å². The van der Waals surface area contributed by atoms with Gasteiger partial charge in [-0.1, -0.05) is 19.3 Å². The van der Waals surface area contributed by atoms with Crippen LogP contribution in [0.1, 0.15) is 51.9 Å². The van der Waals surface area contributed by atoms with E-state index in [0.29, 0.717) is 6.54 Å². The van der Waals surface area contributed by atoms with E-state index < -0.39 is 10.2 Å². The Labute approximate surface area is 110 Å². The molecule has 2 fully saturated rings. The molecule has 0 radical (unpaired) electrons. The fraction of sp³-hybridized carbons (Fsp3) is 1.00. The van der Waals surface area contributed by atoms with Crippen molar-refractivity contribution < 1.29 is 8.42 Å². The summed E-state index contributed by atoms with van der Waals surface area (Å²) < 4.78 is 29.2. The van der Waals surface area contributed by atoms with E-state index in [9.17, 15) is 8.42 Å². The number of nitrogens with zero attached hydrogens (tertiary/aromatic N) is 1. The number of hydrogen-bond acceptors (Lipinski definition) is 3. The summed E-state index contributed by atoms with van der Waals surface area (Å²) in [6, 6.07) is -0.0115. The second-order valence-electron chi connectivity index (χ2n) is 5.63. The monoisotopic (exact) mass is 275 g/mol. The van der Waals surface area contributed by atoms with Gasteiger partial charge in [0.2, 0.25) is 0 Å². The van der Waals surface area contributed by atoms with Crippen molar-refractivity contribution >= 4 is 10.2 Å². The molecule has 2 aliphatic rings. The molecule has 0 aromatic rings. The lowest BCUT2D eigenvalue weighted by atomic mass is 9.92. The summed E-state index contributed by atoms with van der Waals surface area (Å²) in [5, 5.41) is 0. The van der Waals surface area contributed by atoms with Crippen LogP contribution in [0.3, 0.4) is 0 Å². The molecule has 3 N–H and O–H groups in total. The van der Waals surface area contributed by atoms with Crippen molar-refractivity contribution in [3.8, 4) is 0 Å². The van der Waals surface area contributed by atoms with Crippen LogP contribution in [0.5, 0.6) is 0 Å². The number of nitrogens with two attached hydrogens (primary N) is 1. The molecule has 18 heavy (non-hydrogen) atoms. The maximum Gasteiger partial charge on any atom is 0.279 e. The predicted octanol–water partition coefficient (Wildman–Crippen LogP) is 0.965. The molecule has 1 saturated carbocycles. The minimum Gasteiger partial charge on any atom is -0.326 e. The van der Waals surface area contributed by atoms with Crippen LogP contribution in [0, 0.1) is 0 Å². The molecule has 1 aliphatic carbocycles.